The van der Waals surface area contributed by atoms with Gasteiger partial charge in [0.2, 0.25) is 0 Å². The fourth-order valence-electron chi connectivity index (χ4n) is 5.24. The van der Waals surface area contributed by atoms with E-state index in [1.165, 1.54) is 51.4 Å². The van der Waals surface area contributed by atoms with Crippen molar-refractivity contribution in [2.75, 3.05) is 13.2 Å². The lowest BCUT2D eigenvalue weighted by molar-refractivity contribution is -0.303. The van der Waals surface area contributed by atoms with Crippen LogP contribution in [0.3, 0.4) is 0 Å². The molecule has 0 spiro atoms. The number of nitrogens with one attached hydrogen (secondary N) is 1. The van der Waals surface area contributed by atoms with Gasteiger partial charge in [0.1, 0.15) is 30.5 Å². The summed E-state index contributed by atoms with van der Waals surface area (Å²) >= 11 is 0. The molecule has 0 aromatic rings. The molecule has 7 N–H and O–H groups in total. The van der Waals surface area contributed by atoms with Crippen LogP contribution in [0.4, 0.5) is 0 Å². The third-order valence-electron chi connectivity index (χ3n) is 8.38. The molecule has 0 saturated carbocycles. The number of amides is 1. The fraction of sp³-hybridized carbons (Fsp3) is 0.500. The molecule has 1 heterocycles. The van der Waals surface area contributed by atoms with Crippen LogP contribution in [0.25, 0.3) is 0 Å². The van der Waals surface area contributed by atoms with Gasteiger partial charge in [-0.3, -0.25) is 4.79 Å². The maximum Gasteiger partial charge on any atom is 0.297 e. The first-order valence-electron chi connectivity index (χ1n) is 19.8. The Morgan fingerprint density at radius 3 is 1.42 bits per heavy atom. The van der Waals surface area contributed by atoms with E-state index in [1.807, 2.05) is 0 Å². The van der Waals surface area contributed by atoms with Gasteiger partial charge in [0.15, 0.2) is 6.29 Å². The standard InChI is InChI=1S/C50H51NO9.24H2/c1-3-5-7-9-11-13-15-17-18-19-20-21-22-23-24-25-26-27-29-31-33-35-37-39-45(54)51-42(41-59-50-49(58)48(57)47(56)44(40-52)60-50)46(55)43(53)38-36-34-32-30-28-16-14-12-10-8-6-4-2;;;;;;;;;;;;;;;;;;;;;;;;/h42-44,46-50,52-53,55-58H,4,6,8,10,12,14,16,28,30,32,34,36,38,40-41H2,1-2H3,(H,51,54);24*1H/t42-,43+,44+,46-,47-,48-,49+,50-;;;;;;;;;;;;;;;;;;;;;;;;/m0......................../s1. The smallest absolute Gasteiger partial charge is 0.297 e. The highest BCUT2D eigenvalue weighted by molar-refractivity contribution is 5.94. The summed E-state index contributed by atoms with van der Waals surface area (Å²) in [6.07, 6.45) is 3.47. The highest BCUT2D eigenvalue weighted by Gasteiger charge is 2.44. The second kappa shape index (κ2) is 36.0. The van der Waals surface area contributed by atoms with Crippen LogP contribution in [-0.2, 0) is 14.3 Å². The molecule has 1 aliphatic rings. The zero-order valence-electron chi connectivity index (χ0n) is 34.1. The van der Waals surface area contributed by atoms with Crippen molar-refractivity contribution in [2.24, 2.45) is 0 Å². The van der Waals surface area contributed by atoms with Crippen LogP contribution in [0.1, 0.15) is 132 Å². The van der Waals surface area contributed by atoms with E-state index in [0.717, 1.165) is 19.3 Å². The topological polar surface area (TPSA) is 169 Å². The Balaban J connectivity index is -0.0000000682. The molecule has 10 heteroatoms. The van der Waals surface area contributed by atoms with Crippen molar-refractivity contribution in [1.29, 1.82) is 0 Å². The van der Waals surface area contributed by atoms with E-state index in [4.69, 9.17) is 9.47 Å². The number of carbonyl (C=O) groups excluding carboxylic acids is 1. The highest BCUT2D eigenvalue weighted by atomic mass is 16.7. The zero-order valence-corrected chi connectivity index (χ0v) is 34.1. The highest BCUT2D eigenvalue weighted by Crippen LogP contribution is 2.23. The van der Waals surface area contributed by atoms with Gasteiger partial charge in [-0.05, 0) is 108 Å². The average molecular weight is 858 g/mol. The lowest BCUT2D eigenvalue weighted by atomic mass is 9.98. The van der Waals surface area contributed by atoms with Gasteiger partial charge in [0, 0.05) is 75.7 Å². The monoisotopic (exact) mass is 858 g/mol. The van der Waals surface area contributed by atoms with Gasteiger partial charge in [0.25, 0.3) is 5.91 Å². The minimum Gasteiger partial charge on any atom is -0.394 e. The fourth-order valence-corrected chi connectivity index (χ4v) is 5.24. The van der Waals surface area contributed by atoms with E-state index in [0.29, 0.717) is 6.42 Å². The number of aliphatic hydroxyl groups is 6. The first kappa shape index (κ1) is 51.9. The Kier molecular flexibility index (Phi) is 31.1. The summed E-state index contributed by atoms with van der Waals surface area (Å²) < 4.78 is 10.9. The summed E-state index contributed by atoms with van der Waals surface area (Å²) in [6.45, 7) is 2.73. The third kappa shape index (κ3) is 26.0. The number of unbranched alkanes of at least 4 members (excludes halogenated alkanes) is 11. The van der Waals surface area contributed by atoms with Crippen molar-refractivity contribution in [1.82, 2.24) is 5.32 Å². The lowest BCUT2D eigenvalue weighted by Crippen LogP contribution is -2.60. The molecule has 0 unspecified atom stereocenters. The normalized spacial score (nSPS) is 17.8. The van der Waals surface area contributed by atoms with E-state index in [-0.39, 0.29) is 40.7 Å². The Hall–Kier alpha value is -6.13. The summed E-state index contributed by atoms with van der Waals surface area (Å²) in [6, 6.07) is -1.23. The van der Waals surface area contributed by atoms with Gasteiger partial charge in [-0.2, -0.15) is 0 Å². The molecule has 1 rings (SSSR count). The Morgan fingerprint density at radius 2 is 1.00 bits per heavy atom. The predicted octanol–water partition coefficient (Wildman–Crippen LogP) is 7.07. The van der Waals surface area contributed by atoms with Crippen LogP contribution < -0.4 is 5.32 Å². The van der Waals surface area contributed by atoms with Crippen molar-refractivity contribution in [3.8, 4) is 142 Å². The van der Waals surface area contributed by atoms with Crippen LogP contribution in [-0.4, -0.2) is 98.7 Å². The van der Waals surface area contributed by atoms with Gasteiger partial charge in [-0.1, -0.05) is 89.9 Å². The van der Waals surface area contributed by atoms with Gasteiger partial charge < -0.3 is 45.4 Å². The maximum atomic E-state index is 12.7. The number of aliphatic hydroxyl groups excluding tert-OH is 6. The molecule has 10 nitrogen and oxygen atoms in total. The van der Waals surface area contributed by atoms with E-state index in [1.54, 1.807) is 6.92 Å². The lowest BCUT2D eigenvalue weighted by Gasteiger charge is -2.40. The molecule has 358 valence electrons. The van der Waals surface area contributed by atoms with Crippen LogP contribution in [0, 0.1) is 142 Å². The quantitative estimate of drug-likeness (QED) is 0.0501. The molecule has 0 aromatic carbocycles. The first-order valence-corrected chi connectivity index (χ1v) is 19.8. The molecule has 1 fully saturated rings. The number of hydrogen-bond donors (Lipinski definition) is 7. The number of hydrogen-bond acceptors (Lipinski definition) is 9. The summed E-state index contributed by atoms with van der Waals surface area (Å²) in [5.74, 6) is 58.4. The van der Waals surface area contributed by atoms with Crippen molar-refractivity contribution < 1.29 is 79.1 Å². The molecular formula is C50H99NO9. The summed E-state index contributed by atoms with van der Waals surface area (Å²) in [7, 11) is 0. The largest absolute Gasteiger partial charge is 0.394 e. The summed E-state index contributed by atoms with van der Waals surface area (Å²) in [5.41, 5.74) is 0. The van der Waals surface area contributed by atoms with E-state index >= 15 is 0 Å². The third-order valence-corrected chi connectivity index (χ3v) is 8.38. The average Bonchev–Trinajstić information content (AvgIpc) is 3.25. The van der Waals surface area contributed by atoms with Crippen LogP contribution in [0.2, 0.25) is 0 Å². The summed E-state index contributed by atoms with van der Waals surface area (Å²) in [4.78, 5) is 12.7. The first-order chi connectivity index (χ1) is 29.3. The molecule has 0 aromatic heterocycles. The van der Waals surface area contributed by atoms with Crippen LogP contribution in [0.15, 0.2) is 0 Å². The number of ether oxygens (including phenoxy) is 2. The Bertz CT molecular complexity index is 2210. The molecule has 60 heavy (non-hydrogen) atoms. The van der Waals surface area contributed by atoms with Gasteiger partial charge in [0.05, 0.1) is 25.4 Å². The van der Waals surface area contributed by atoms with Crippen LogP contribution in [0.5, 0.6) is 0 Å². The second-order valence-corrected chi connectivity index (χ2v) is 13.0. The Labute approximate surface area is 392 Å². The second-order valence-electron chi connectivity index (χ2n) is 13.0. The molecule has 0 aliphatic carbocycles. The molecule has 8 atom stereocenters. The van der Waals surface area contributed by atoms with E-state index < -0.39 is 68.1 Å². The zero-order chi connectivity index (χ0) is 43.9. The van der Waals surface area contributed by atoms with Gasteiger partial charge >= 0.3 is 0 Å². The number of rotatable bonds is 20. The molecule has 0 bridgehead atoms. The van der Waals surface area contributed by atoms with Crippen molar-refractivity contribution in [3.05, 3.63) is 0 Å². The van der Waals surface area contributed by atoms with Crippen molar-refractivity contribution in [3.63, 3.8) is 0 Å². The maximum absolute atomic E-state index is 12.7. The molecule has 1 amide bonds. The van der Waals surface area contributed by atoms with Crippen LogP contribution >= 0.6 is 0 Å². The molecular weight excluding hydrogens is 759 g/mol. The van der Waals surface area contributed by atoms with Crippen molar-refractivity contribution >= 4 is 5.91 Å². The SMILES string of the molecule is CC#CC#CC#CC#CC#CC#CC#CC#CC#CC#CC#CC#CC(=O)N[C@@H](CO[C@H]1O[C@H](CO)[C@H](O)[C@H](O)[C@H]1O)[C@H](O)[C@H](O)CCCCCCCCCCCCCC.[HH].[HH].[HH].[HH].[HH].[HH].[HH].[HH].[HH].[HH].[HH].[HH].[HH].[HH].[HH].[HH].[HH].[HH].[HH].[HH].[HH].[HH].[HH].[HH]. The van der Waals surface area contributed by atoms with E-state index in [2.05, 4.69) is 154 Å². The minimum atomic E-state index is -1.70. The van der Waals surface area contributed by atoms with Crippen molar-refractivity contribution in [2.45, 2.75) is 146 Å². The summed E-state index contributed by atoms with van der Waals surface area (Å²) in [5, 5.41) is 64.3. The predicted molar refractivity (Wildman–Crippen MR) is 279 cm³/mol. The molecule has 1 aliphatic heterocycles. The Morgan fingerprint density at radius 1 is 0.600 bits per heavy atom. The minimum absolute atomic E-state index is 0. The van der Waals surface area contributed by atoms with Gasteiger partial charge in [-0.15, -0.1) is 0 Å². The number of carbonyl (C=O) groups is 1. The molecule has 0 radical (unpaired) electrons. The van der Waals surface area contributed by atoms with Gasteiger partial charge in [-0.25, -0.2) is 0 Å². The molecule has 1 saturated heterocycles. The van der Waals surface area contributed by atoms with E-state index in [9.17, 15) is 35.4 Å².